The number of nitrogens with one attached hydrogen (secondary N) is 1. The van der Waals surface area contributed by atoms with E-state index in [1.165, 1.54) is 0 Å². The summed E-state index contributed by atoms with van der Waals surface area (Å²) in [5, 5.41) is 0. The van der Waals surface area contributed by atoms with Gasteiger partial charge < -0.3 is 9.64 Å². The maximum absolute atomic E-state index is 12.6. The third-order valence-corrected chi connectivity index (χ3v) is 5.79. The van der Waals surface area contributed by atoms with Crippen molar-refractivity contribution in [3.8, 4) is 5.75 Å². The molecule has 7 heteroatoms. The van der Waals surface area contributed by atoms with Gasteiger partial charge in [0.1, 0.15) is 5.75 Å². The monoisotopic (exact) mass is 374 g/mol. The number of carbonyl (C=O) groups excluding carboxylic acids is 1. The normalized spacial score (nSPS) is 14.5. The molecule has 2 aromatic carbocycles. The molecule has 0 radical (unpaired) electrons. The Labute approximate surface area is 153 Å². The Morgan fingerprint density at radius 1 is 1.15 bits per heavy atom. The number of rotatable bonds is 6. The number of nitrogens with zero attached hydrogens (tertiary/aromatic N) is 1. The molecule has 0 saturated carbocycles. The number of hydrogen-bond acceptors (Lipinski definition) is 4. The Balaban J connectivity index is 1.85. The minimum atomic E-state index is -3.68. The van der Waals surface area contributed by atoms with E-state index >= 15 is 0 Å². The van der Waals surface area contributed by atoms with Crippen molar-refractivity contribution in [1.29, 1.82) is 0 Å². The minimum absolute atomic E-state index is 0.109. The number of methoxy groups -OCH3 is 1. The predicted octanol–water partition coefficient (Wildman–Crippen LogP) is 2.93. The first-order valence-electron chi connectivity index (χ1n) is 8.43. The first-order chi connectivity index (χ1) is 12.4. The number of carbonyl (C=O) groups is 1. The van der Waals surface area contributed by atoms with Crippen LogP contribution in [0, 0.1) is 6.92 Å². The van der Waals surface area contributed by atoms with E-state index in [0.717, 1.165) is 17.5 Å². The van der Waals surface area contributed by atoms with Crippen LogP contribution in [0.4, 0.5) is 5.69 Å². The fraction of sp³-hybridized carbons (Fsp3) is 0.316. The van der Waals surface area contributed by atoms with Gasteiger partial charge in [-0.25, -0.2) is 8.42 Å². The van der Waals surface area contributed by atoms with Crippen LogP contribution in [-0.2, 0) is 21.4 Å². The lowest BCUT2D eigenvalue weighted by Crippen LogP contribution is -2.24. The van der Waals surface area contributed by atoms with Gasteiger partial charge in [-0.2, -0.15) is 0 Å². The summed E-state index contributed by atoms with van der Waals surface area (Å²) in [5.74, 6) is 0.737. The third kappa shape index (κ3) is 3.99. The summed E-state index contributed by atoms with van der Waals surface area (Å²) in [4.78, 5) is 13.8. The molecule has 26 heavy (non-hydrogen) atoms. The molecule has 0 unspecified atom stereocenters. The molecule has 1 saturated heterocycles. The van der Waals surface area contributed by atoms with Crippen LogP contribution in [0.2, 0.25) is 0 Å². The fourth-order valence-corrected chi connectivity index (χ4v) is 4.02. The van der Waals surface area contributed by atoms with Crippen LogP contribution in [0.25, 0.3) is 0 Å². The average molecular weight is 374 g/mol. The second kappa shape index (κ2) is 7.37. The van der Waals surface area contributed by atoms with E-state index in [1.54, 1.807) is 54.5 Å². The summed E-state index contributed by atoms with van der Waals surface area (Å²) < 4.78 is 33.1. The van der Waals surface area contributed by atoms with E-state index < -0.39 is 10.0 Å². The Kier molecular flexibility index (Phi) is 5.18. The Morgan fingerprint density at radius 2 is 1.88 bits per heavy atom. The van der Waals surface area contributed by atoms with Crippen molar-refractivity contribution in [3.05, 3.63) is 53.6 Å². The number of sulfonamides is 1. The highest BCUT2D eigenvalue weighted by atomic mass is 32.2. The van der Waals surface area contributed by atoms with Crippen molar-refractivity contribution in [2.24, 2.45) is 0 Å². The molecule has 1 fully saturated rings. The molecule has 1 N–H and O–H groups in total. The van der Waals surface area contributed by atoms with Crippen molar-refractivity contribution >= 4 is 21.6 Å². The summed E-state index contributed by atoms with van der Waals surface area (Å²) >= 11 is 0. The number of ether oxygens (including phenoxy) is 1. The van der Waals surface area contributed by atoms with Crippen LogP contribution in [0.15, 0.2) is 47.4 Å². The van der Waals surface area contributed by atoms with E-state index in [4.69, 9.17) is 4.74 Å². The molecule has 0 aromatic heterocycles. The molecule has 0 atom stereocenters. The molecule has 3 rings (SSSR count). The van der Waals surface area contributed by atoms with E-state index in [-0.39, 0.29) is 10.8 Å². The largest absolute Gasteiger partial charge is 0.496 e. The number of benzene rings is 2. The lowest BCUT2D eigenvalue weighted by molar-refractivity contribution is -0.128. The number of anilines is 1. The van der Waals surface area contributed by atoms with Gasteiger partial charge in [-0.1, -0.05) is 17.7 Å². The average Bonchev–Trinajstić information content (AvgIpc) is 3.00. The van der Waals surface area contributed by atoms with Crippen LogP contribution in [0.1, 0.15) is 24.0 Å². The van der Waals surface area contributed by atoms with Crippen LogP contribution in [0.3, 0.4) is 0 Å². The minimum Gasteiger partial charge on any atom is -0.496 e. The number of aryl methyl sites for hydroxylation is 1. The lowest BCUT2D eigenvalue weighted by Gasteiger charge is -2.18. The number of likely N-dealkylation sites (tertiary alicyclic amines) is 1. The highest BCUT2D eigenvalue weighted by Crippen LogP contribution is 2.27. The molecule has 1 aliphatic heterocycles. The Bertz CT molecular complexity index is 908. The van der Waals surface area contributed by atoms with E-state index in [9.17, 15) is 13.2 Å². The second-order valence-electron chi connectivity index (χ2n) is 6.36. The summed E-state index contributed by atoms with van der Waals surface area (Å²) in [5.41, 5.74) is 2.20. The molecule has 2 aromatic rings. The standard InChI is InChI=1S/C19H22N2O4S/c1-14-5-8-17(9-6-14)26(23,24)20-16-7-10-18(25-2)15(12-16)13-21-11-3-4-19(21)22/h5-10,12,20H,3-4,11,13H2,1-2H3. The maximum Gasteiger partial charge on any atom is 0.261 e. The molecule has 138 valence electrons. The van der Waals surface area contributed by atoms with Gasteiger partial charge >= 0.3 is 0 Å². The van der Waals surface area contributed by atoms with Crippen LogP contribution >= 0.6 is 0 Å². The Morgan fingerprint density at radius 3 is 2.50 bits per heavy atom. The zero-order valence-corrected chi connectivity index (χ0v) is 15.7. The van der Waals surface area contributed by atoms with Crippen molar-refractivity contribution < 1.29 is 17.9 Å². The highest BCUT2D eigenvalue weighted by molar-refractivity contribution is 7.92. The molecular weight excluding hydrogens is 352 g/mol. The molecule has 0 aliphatic carbocycles. The van der Waals surface area contributed by atoms with Crippen LogP contribution in [-0.4, -0.2) is 32.9 Å². The molecule has 0 spiro atoms. The predicted molar refractivity (Wildman–Crippen MR) is 99.6 cm³/mol. The summed E-state index contributed by atoms with van der Waals surface area (Å²) in [6, 6.07) is 11.7. The van der Waals surface area contributed by atoms with Gasteiger partial charge in [0.25, 0.3) is 10.0 Å². The smallest absolute Gasteiger partial charge is 0.261 e. The summed E-state index contributed by atoms with van der Waals surface area (Å²) in [6.45, 7) is 3.02. The SMILES string of the molecule is COc1ccc(NS(=O)(=O)c2ccc(C)cc2)cc1CN1CCCC1=O. The van der Waals surface area contributed by atoms with E-state index in [1.807, 2.05) is 6.92 Å². The fourth-order valence-electron chi connectivity index (χ4n) is 2.97. The van der Waals surface area contributed by atoms with Crippen LogP contribution in [0.5, 0.6) is 5.75 Å². The van der Waals surface area contributed by atoms with E-state index in [2.05, 4.69) is 4.72 Å². The molecular formula is C19H22N2O4S. The topological polar surface area (TPSA) is 75.7 Å². The van der Waals surface area contributed by atoms with Crippen molar-refractivity contribution in [1.82, 2.24) is 4.90 Å². The Hall–Kier alpha value is -2.54. The molecule has 1 aliphatic rings. The molecule has 0 bridgehead atoms. The maximum atomic E-state index is 12.6. The third-order valence-electron chi connectivity index (χ3n) is 4.40. The second-order valence-corrected chi connectivity index (χ2v) is 8.05. The van der Waals surface area contributed by atoms with Gasteiger partial charge in [0, 0.05) is 30.8 Å². The quantitative estimate of drug-likeness (QED) is 0.843. The van der Waals surface area contributed by atoms with Gasteiger partial charge in [0.15, 0.2) is 0 Å². The van der Waals surface area contributed by atoms with Gasteiger partial charge in [0.05, 0.1) is 12.0 Å². The van der Waals surface area contributed by atoms with Gasteiger partial charge in [-0.05, 0) is 43.7 Å². The number of amides is 1. The number of hydrogen-bond donors (Lipinski definition) is 1. The first kappa shape index (κ1) is 18.3. The molecule has 1 amide bonds. The van der Waals surface area contributed by atoms with Crippen LogP contribution < -0.4 is 9.46 Å². The lowest BCUT2D eigenvalue weighted by atomic mass is 10.1. The summed E-state index contributed by atoms with van der Waals surface area (Å²) in [6.07, 6.45) is 1.41. The van der Waals surface area contributed by atoms with Crippen molar-refractivity contribution in [2.45, 2.75) is 31.2 Å². The van der Waals surface area contributed by atoms with Gasteiger partial charge in [-0.3, -0.25) is 9.52 Å². The zero-order chi connectivity index (χ0) is 18.7. The summed E-state index contributed by atoms with van der Waals surface area (Å²) in [7, 11) is -2.12. The van der Waals surface area contributed by atoms with Gasteiger partial charge in [-0.15, -0.1) is 0 Å². The highest BCUT2D eigenvalue weighted by Gasteiger charge is 2.22. The van der Waals surface area contributed by atoms with Crippen molar-refractivity contribution in [2.75, 3.05) is 18.4 Å². The molecule has 1 heterocycles. The zero-order valence-electron chi connectivity index (χ0n) is 14.9. The molecule has 6 nitrogen and oxygen atoms in total. The van der Waals surface area contributed by atoms with E-state index in [0.29, 0.717) is 30.9 Å². The first-order valence-corrected chi connectivity index (χ1v) is 9.91. The van der Waals surface area contributed by atoms with Crippen molar-refractivity contribution in [3.63, 3.8) is 0 Å². The van der Waals surface area contributed by atoms with Gasteiger partial charge in [0.2, 0.25) is 5.91 Å².